The van der Waals surface area contributed by atoms with E-state index in [1.807, 2.05) is 6.07 Å². The third-order valence-electron chi connectivity index (χ3n) is 7.37. The van der Waals surface area contributed by atoms with E-state index < -0.39 is 17.6 Å². The molecule has 0 radical (unpaired) electrons. The lowest BCUT2D eigenvalue weighted by Gasteiger charge is -2.38. The minimum absolute atomic E-state index is 0.100. The lowest BCUT2D eigenvalue weighted by Crippen LogP contribution is -2.50. The Balaban J connectivity index is 1.16. The number of ketones is 1. The van der Waals surface area contributed by atoms with E-state index >= 15 is 0 Å². The number of alkyl halides is 3. The number of benzene rings is 2. The first-order chi connectivity index (χ1) is 17.7. The van der Waals surface area contributed by atoms with Gasteiger partial charge in [-0.25, -0.2) is 0 Å². The fourth-order valence-electron chi connectivity index (χ4n) is 5.26. The molecule has 2 aromatic rings. The number of hydrogen-bond acceptors (Lipinski definition) is 5. The number of carbonyl (C=O) groups excluding carboxylic acids is 2. The van der Waals surface area contributed by atoms with E-state index in [4.69, 9.17) is 0 Å². The molecule has 2 heterocycles. The van der Waals surface area contributed by atoms with Crippen molar-refractivity contribution in [3.8, 4) is 0 Å². The highest BCUT2D eigenvalue weighted by molar-refractivity contribution is 5.96. The van der Waals surface area contributed by atoms with Crippen LogP contribution < -0.4 is 10.2 Å². The van der Waals surface area contributed by atoms with E-state index in [9.17, 15) is 22.8 Å². The molecule has 1 N–H and O–H groups in total. The Morgan fingerprint density at radius 2 is 1.73 bits per heavy atom. The van der Waals surface area contributed by atoms with Gasteiger partial charge in [-0.1, -0.05) is 24.3 Å². The van der Waals surface area contributed by atoms with Gasteiger partial charge in [-0.2, -0.15) is 13.2 Å². The van der Waals surface area contributed by atoms with Gasteiger partial charge in [-0.3, -0.25) is 19.4 Å². The molecule has 4 rings (SSSR count). The second-order valence-electron chi connectivity index (χ2n) is 10.1. The van der Waals surface area contributed by atoms with Crippen molar-refractivity contribution in [2.24, 2.45) is 5.92 Å². The maximum absolute atomic E-state index is 12.9. The smallest absolute Gasteiger partial charge is 0.369 e. The van der Waals surface area contributed by atoms with Crippen molar-refractivity contribution in [2.45, 2.75) is 32.0 Å². The number of carbonyl (C=O) groups is 2. The molecule has 2 aliphatic rings. The molecule has 6 nitrogen and oxygen atoms in total. The number of nitrogens with zero attached hydrogens (tertiary/aromatic N) is 3. The molecule has 2 fully saturated rings. The van der Waals surface area contributed by atoms with Crippen molar-refractivity contribution in [3.05, 3.63) is 65.7 Å². The number of hydrogen-bond donors (Lipinski definition) is 1. The predicted octanol–water partition coefficient (Wildman–Crippen LogP) is 3.93. The summed E-state index contributed by atoms with van der Waals surface area (Å²) < 4.78 is 38.6. The molecule has 1 amide bonds. The summed E-state index contributed by atoms with van der Waals surface area (Å²) in [7, 11) is 0. The zero-order chi connectivity index (χ0) is 26.4. The molecule has 2 aromatic carbocycles. The van der Waals surface area contributed by atoms with Crippen LogP contribution in [0.15, 0.2) is 54.6 Å². The highest BCUT2D eigenvalue weighted by atomic mass is 19.4. The molecule has 0 aromatic heterocycles. The van der Waals surface area contributed by atoms with Gasteiger partial charge in [0.2, 0.25) is 0 Å². The van der Waals surface area contributed by atoms with Gasteiger partial charge in [0, 0.05) is 63.0 Å². The number of Topliss-reactive ketones (excluding diaryl/α,β-unsaturated/α-hetero) is 1. The topological polar surface area (TPSA) is 55.9 Å². The standard InChI is InChI=1S/C28H35F3N4O2/c1-21(19-33-12-14-34(15-13-33)25-8-3-2-4-9-25)35-11-10-22(20-35)16-26(36)18-32-27(37)23-6-5-7-24(17-23)28(29,30)31/h2-9,17,21-22H,10-16,18-20H2,1H3,(H,32,37). The number of rotatable bonds is 9. The number of anilines is 1. The summed E-state index contributed by atoms with van der Waals surface area (Å²) in [5, 5.41) is 2.47. The van der Waals surface area contributed by atoms with Gasteiger partial charge in [-0.15, -0.1) is 0 Å². The Labute approximate surface area is 216 Å². The number of halogens is 3. The molecule has 0 spiro atoms. The van der Waals surface area contributed by atoms with Gasteiger partial charge in [-0.05, 0) is 56.1 Å². The Hall–Kier alpha value is -2.91. The molecular formula is C28H35F3N4O2. The largest absolute Gasteiger partial charge is 0.416 e. The number of likely N-dealkylation sites (tertiary alicyclic amines) is 1. The maximum Gasteiger partial charge on any atom is 0.416 e. The van der Waals surface area contributed by atoms with E-state index in [2.05, 4.69) is 51.2 Å². The van der Waals surface area contributed by atoms with Gasteiger partial charge in [0.15, 0.2) is 5.78 Å². The normalized spacial score (nSPS) is 20.1. The van der Waals surface area contributed by atoms with Crippen LogP contribution in [-0.2, 0) is 11.0 Å². The van der Waals surface area contributed by atoms with Crippen LogP contribution in [0.2, 0.25) is 0 Å². The predicted molar refractivity (Wildman–Crippen MR) is 138 cm³/mol. The molecule has 37 heavy (non-hydrogen) atoms. The molecule has 2 unspecified atom stereocenters. The summed E-state index contributed by atoms with van der Waals surface area (Å²) in [6.45, 7) is 8.94. The van der Waals surface area contributed by atoms with Crippen LogP contribution in [-0.4, -0.2) is 79.9 Å². The van der Waals surface area contributed by atoms with E-state index in [-0.39, 0.29) is 23.8 Å². The summed E-state index contributed by atoms with van der Waals surface area (Å²) in [5.41, 5.74) is 0.283. The zero-order valence-corrected chi connectivity index (χ0v) is 21.2. The summed E-state index contributed by atoms with van der Waals surface area (Å²) in [6.07, 6.45) is -3.23. The maximum atomic E-state index is 12.9. The van der Waals surface area contributed by atoms with Gasteiger partial charge < -0.3 is 10.2 Å². The Bertz CT molecular complexity index is 1050. The first-order valence-corrected chi connectivity index (χ1v) is 12.9. The van der Waals surface area contributed by atoms with Crippen molar-refractivity contribution in [1.29, 1.82) is 0 Å². The fourth-order valence-corrected chi connectivity index (χ4v) is 5.26. The molecule has 0 saturated carbocycles. The molecular weight excluding hydrogens is 481 g/mol. The third-order valence-corrected chi connectivity index (χ3v) is 7.37. The van der Waals surface area contributed by atoms with Gasteiger partial charge in [0.25, 0.3) is 5.91 Å². The Morgan fingerprint density at radius 3 is 2.43 bits per heavy atom. The lowest BCUT2D eigenvalue weighted by molar-refractivity contribution is -0.137. The van der Waals surface area contributed by atoms with Crippen molar-refractivity contribution in [2.75, 3.05) is 57.3 Å². The van der Waals surface area contributed by atoms with E-state index in [0.717, 1.165) is 64.4 Å². The minimum atomic E-state index is -4.52. The molecule has 2 aliphatic heterocycles. The molecule has 2 saturated heterocycles. The molecule has 2 atom stereocenters. The van der Waals surface area contributed by atoms with Gasteiger partial charge >= 0.3 is 6.18 Å². The number of para-hydroxylation sites is 1. The highest BCUT2D eigenvalue weighted by Gasteiger charge is 2.31. The van der Waals surface area contributed by atoms with Crippen LogP contribution in [0.1, 0.15) is 35.7 Å². The van der Waals surface area contributed by atoms with Gasteiger partial charge in [0.1, 0.15) is 0 Å². The van der Waals surface area contributed by atoms with Crippen molar-refractivity contribution < 1.29 is 22.8 Å². The molecule has 0 aliphatic carbocycles. The molecule has 0 bridgehead atoms. The van der Waals surface area contributed by atoms with Crippen molar-refractivity contribution in [1.82, 2.24) is 15.1 Å². The van der Waals surface area contributed by atoms with E-state index in [0.29, 0.717) is 12.5 Å². The summed E-state index contributed by atoms with van der Waals surface area (Å²) in [4.78, 5) is 32.1. The average molecular weight is 517 g/mol. The van der Waals surface area contributed by atoms with Crippen LogP contribution in [0.3, 0.4) is 0 Å². The van der Waals surface area contributed by atoms with Crippen molar-refractivity contribution >= 4 is 17.4 Å². The van der Waals surface area contributed by atoms with Crippen LogP contribution in [0, 0.1) is 5.92 Å². The van der Waals surface area contributed by atoms with Crippen LogP contribution in [0.5, 0.6) is 0 Å². The zero-order valence-electron chi connectivity index (χ0n) is 21.2. The molecule has 200 valence electrons. The summed E-state index contributed by atoms with van der Waals surface area (Å²) >= 11 is 0. The Kier molecular flexibility index (Phi) is 8.87. The first kappa shape index (κ1) is 27.1. The van der Waals surface area contributed by atoms with Crippen LogP contribution in [0.25, 0.3) is 0 Å². The number of piperazine rings is 1. The third kappa shape index (κ3) is 7.55. The van der Waals surface area contributed by atoms with Crippen molar-refractivity contribution in [3.63, 3.8) is 0 Å². The van der Waals surface area contributed by atoms with E-state index in [1.54, 1.807) is 0 Å². The monoisotopic (exact) mass is 516 g/mol. The molecule has 9 heteroatoms. The second kappa shape index (κ2) is 12.1. The highest BCUT2D eigenvalue weighted by Crippen LogP contribution is 2.29. The summed E-state index contributed by atoms with van der Waals surface area (Å²) in [6, 6.07) is 15.1. The quantitative estimate of drug-likeness (QED) is 0.548. The van der Waals surface area contributed by atoms with Crippen LogP contribution >= 0.6 is 0 Å². The average Bonchev–Trinajstić information content (AvgIpc) is 3.36. The summed E-state index contributed by atoms with van der Waals surface area (Å²) in [5.74, 6) is -0.541. The Morgan fingerprint density at radius 1 is 1.00 bits per heavy atom. The number of nitrogens with one attached hydrogen (secondary N) is 1. The second-order valence-corrected chi connectivity index (χ2v) is 10.1. The first-order valence-electron chi connectivity index (χ1n) is 12.9. The minimum Gasteiger partial charge on any atom is -0.369 e. The fraction of sp³-hybridized carbons (Fsp3) is 0.500. The van der Waals surface area contributed by atoms with E-state index in [1.165, 1.54) is 17.8 Å². The lowest BCUT2D eigenvalue weighted by atomic mass is 10.0. The van der Waals surface area contributed by atoms with Crippen LogP contribution in [0.4, 0.5) is 18.9 Å². The SMILES string of the molecule is CC(CN1CCN(c2ccccc2)CC1)N1CCC(CC(=O)CNC(=O)c2cccc(C(F)(F)F)c2)C1. The number of amides is 1. The van der Waals surface area contributed by atoms with Gasteiger partial charge in [0.05, 0.1) is 12.1 Å².